The van der Waals surface area contributed by atoms with E-state index < -0.39 is 5.60 Å². The number of rotatable bonds is 4. The summed E-state index contributed by atoms with van der Waals surface area (Å²) in [7, 11) is 0. The predicted molar refractivity (Wildman–Crippen MR) is 84.6 cm³/mol. The van der Waals surface area contributed by atoms with E-state index in [9.17, 15) is 10.1 Å². The predicted octanol–water partition coefficient (Wildman–Crippen LogP) is 4.10. The van der Waals surface area contributed by atoms with Crippen molar-refractivity contribution in [2.75, 3.05) is 0 Å². The average Bonchev–Trinajstić information content (AvgIpc) is 2.41. The summed E-state index contributed by atoms with van der Waals surface area (Å²) in [4.78, 5) is 12.2. The zero-order valence-corrected chi connectivity index (χ0v) is 14.0. The fourth-order valence-corrected chi connectivity index (χ4v) is 5.69. The molecule has 0 aromatic rings. The summed E-state index contributed by atoms with van der Waals surface area (Å²) >= 11 is 0. The van der Waals surface area contributed by atoms with E-state index in [0.29, 0.717) is 29.2 Å². The fourth-order valence-electron chi connectivity index (χ4n) is 5.69. The highest BCUT2D eigenvalue weighted by molar-refractivity contribution is 5.87. The van der Waals surface area contributed by atoms with E-state index in [0.717, 1.165) is 12.8 Å². The van der Waals surface area contributed by atoms with Crippen LogP contribution >= 0.6 is 0 Å². The molecule has 4 unspecified atom stereocenters. The molecule has 4 aliphatic rings. The summed E-state index contributed by atoms with van der Waals surface area (Å²) in [6, 6.07) is 2.54. The van der Waals surface area contributed by atoms with Gasteiger partial charge in [0.2, 0.25) is 0 Å². The molecule has 0 aromatic carbocycles. The molecule has 120 valence electrons. The SMILES string of the molecule is C=C(C)C(=O)OC12CC3CC(CC(C3)C1C(C#N)C(C)C)C2. The Balaban J connectivity index is 1.96. The van der Waals surface area contributed by atoms with Gasteiger partial charge >= 0.3 is 5.97 Å². The molecule has 3 heteroatoms. The minimum Gasteiger partial charge on any atom is -0.455 e. The van der Waals surface area contributed by atoms with Crippen LogP contribution < -0.4 is 0 Å². The van der Waals surface area contributed by atoms with Crippen molar-refractivity contribution in [1.82, 2.24) is 0 Å². The van der Waals surface area contributed by atoms with Gasteiger partial charge in [-0.15, -0.1) is 0 Å². The van der Waals surface area contributed by atoms with Crippen molar-refractivity contribution in [2.24, 2.45) is 35.5 Å². The standard InChI is InChI=1S/C19H27NO2/c1-11(2)16(10-20)17-15-6-13-5-14(7-15)9-19(17,8-13)22-18(21)12(3)4/h11,13-17H,3,5-9H2,1-2,4H3. The molecule has 0 amide bonds. The lowest BCUT2D eigenvalue weighted by atomic mass is 9.46. The highest BCUT2D eigenvalue weighted by atomic mass is 16.6. The van der Waals surface area contributed by atoms with E-state index in [1.807, 2.05) is 0 Å². The van der Waals surface area contributed by atoms with Gasteiger partial charge in [-0.1, -0.05) is 20.4 Å². The average molecular weight is 301 g/mol. The largest absolute Gasteiger partial charge is 0.455 e. The number of hydrogen-bond donors (Lipinski definition) is 0. The van der Waals surface area contributed by atoms with Gasteiger partial charge in [0.15, 0.2) is 0 Å². The Morgan fingerprint density at radius 2 is 1.86 bits per heavy atom. The summed E-state index contributed by atoms with van der Waals surface area (Å²) in [5.41, 5.74) is 0.0580. The molecule has 0 saturated heterocycles. The number of hydrogen-bond acceptors (Lipinski definition) is 3. The van der Waals surface area contributed by atoms with Crippen LogP contribution in [0, 0.1) is 46.8 Å². The molecule has 3 nitrogen and oxygen atoms in total. The lowest BCUT2D eigenvalue weighted by Gasteiger charge is -2.61. The topological polar surface area (TPSA) is 50.1 Å². The second kappa shape index (κ2) is 5.41. The zero-order valence-electron chi connectivity index (χ0n) is 14.0. The zero-order chi connectivity index (χ0) is 16.1. The van der Waals surface area contributed by atoms with Crippen molar-refractivity contribution in [1.29, 1.82) is 5.26 Å². The minimum atomic E-state index is -0.407. The van der Waals surface area contributed by atoms with Gasteiger partial charge in [0.25, 0.3) is 0 Å². The molecule has 0 aromatic heterocycles. The molecule has 4 saturated carbocycles. The van der Waals surface area contributed by atoms with Gasteiger partial charge in [0.1, 0.15) is 5.60 Å². The van der Waals surface area contributed by atoms with Crippen LogP contribution in [0.3, 0.4) is 0 Å². The Hall–Kier alpha value is -1.30. The molecule has 0 aliphatic heterocycles. The number of nitrogens with zero attached hydrogens (tertiary/aromatic N) is 1. The van der Waals surface area contributed by atoms with Gasteiger partial charge in [-0.2, -0.15) is 5.26 Å². The first-order valence-electron chi connectivity index (χ1n) is 8.64. The molecule has 0 radical (unpaired) electrons. The van der Waals surface area contributed by atoms with Crippen LogP contribution in [-0.4, -0.2) is 11.6 Å². The van der Waals surface area contributed by atoms with Gasteiger partial charge < -0.3 is 4.74 Å². The Bertz CT molecular complexity index is 516. The van der Waals surface area contributed by atoms with Crippen LogP contribution in [0.1, 0.15) is 52.9 Å². The number of carbonyl (C=O) groups excluding carboxylic acids is 1. The Kier molecular flexibility index (Phi) is 3.83. The Labute approximate surface area is 133 Å². The van der Waals surface area contributed by atoms with E-state index in [-0.39, 0.29) is 17.8 Å². The molecule has 22 heavy (non-hydrogen) atoms. The van der Waals surface area contributed by atoms with Crippen molar-refractivity contribution in [3.05, 3.63) is 12.2 Å². The highest BCUT2D eigenvalue weighted by Crippen LogP contribution is 2.62. The van der Waals surface area contributed by atoms with Gasteiger partial charge in [-0.3, -0.25) is 0 Å². The monoisotopic (exact) mass is 301 g/mol. The first kappa shape index (κ1) is 15.6. The summed E-state index contributed by atoms with van der Waals surface area (Å²) in [5.74, 6) is 2.12. The molecule has 4 aliphatic carbocycles. The summed E-state index contributed by atoms with van der Waals surface area (Å²) in [6.45, 7) is 9.69. The molecule has 4 fully saturated rings. The third kappa shape index (κ3) is 2.37. The van der Waals surface area contributed by atoms with E-state index in [2.05, 4.69) is 26.5 Å². The van der Waals surface area contributed by atoms with Gasteiger partial charge in [-0.05, 0) is 62.7 Å². The van der Waals surface area contributed by atoms with E-state index in [1.165, 1.54) is 19.3 Å². The van der Waals surface area contributed by atoms with Crippen LogP contribution in [0.2, 0.25) is 0 Å². The normalized spacial score (nSPS) is 40.3. The molecular formula is C19H27NO2. The summed E-state index contributed by atoms with van der Waals surface area (Å²) in [6.07, 6.45) is 5.63. The second-order valence-electron chi connectivity index (χ2n) is 8.27. The molecule has 4 atom stereocenters. The lowest BCUT2D eigenvalue weighted by Crippen LogP contribution is -2.61. The number of ether oxygens (including phenoxy) is 1. The molecule has 4 bridgehead atoms. The van der Waals surface area contributed by atoms with Crippen LogP contribution in [0.4, 0.5) is 0 Å². The summed E-state index contributed by atoms with van der Waals surface area (Å²) < 4.78 is 6.07. The first-order chi connectivity index (χ1) is 10.4. The smallest absolute Gasteiger partial charge is 0.333 e. The van der Waals surface area contributed by atoms with Crippen LogP contribution in [0.15, 0.2) is 12.2 Å². The van der Waals surface area contributed by atoms with E-state index in [4.69, 9.17) is 4.74 Å². The van der Waals surface area contributed by atoms with Crippen LogP contribution in [-0.2, 0) is 9.53 Å². The van der Waals surface area contributed by atoms with Crippen molar-refractivity contribution in [2.45, 2.75) is 58.5 Å². The van der Waals surface area contributed by atoms with Gasteiger partial charge in [0.05, 0.1) is 12.0 Å². The van der Waals surface area contributed by atoms with E-state index >= 15 is 0 Å². The third-order valence-corrected chi connectivity index (χ3v) is 6.22. The number of esters is 1. The van der Waals surface area contributed by atoms with E-state index in [1.54, 1.807) is 6.92 Å². The molecule has 4 rings (SSSR count). The lowest BCUT2D eigenvalue weighted by molar-refractivity contribution is -0.213. The van der Waals surface area contributed by atoms with Gasteiger partial charge in [0, 0.05) is 11.5 Å². The maximum atomic E-state index is 12.2. The second-order valence-corrected chi connectivity index (χ2v) is 8.27. The van der Waals surface area contributed by atoms with Gasteiger partial charge in [-0.25, -0.2) is 4.79 Å². The number of nitriles is 1. The van der Waals surface area contributed by atoms with Crippen LogP contribution in [0.25, 0.3) is 0 Å². The molecule has 0 N–H and O–H groups in total. The van der Waals surface area contributed by atoms with Crippen molar-refractivity contribution >= 4 is 5.97 Å². The van der Waals surface area contributed by atoms with Crippen molar-refractivity contribution in [3.8, 4) is 6.07 Å². The minimum absolute atomic E-state index is 0.0251. The van der Waals surface area contributed by atoms with Crippen LogP contribution in [0.5, 0.6) is 0 Å². The maximum absolute atomic E-state index is 12.2. The van der Waals surface area contributed by atoms with Crippen molar-refractivity contribution < 1.29 is 9.53 Å². The third-order valence-electron chi connectivity index (χ3n) is 6.22. The Morgan fingerprint density at radius 3 is 2.32 bits per heavy atom. The molecule has 0 spiro atoms. The Morgan fingerprint density at radius 1 is 1.27 bits per heavy atom. The molecule has 0 heterocycles. The molecular weight excluding hydrogens is 274 g/mol. The quantitative estimate of drug-likeness (QED) is 0.580. The summed E-state index contributed by atoms with van der Waals surface area (Å²) in [5, 5.41) is 9.73. The highest BCUT2D eigenvalue weighted by Gasteiger charge is 2.61. The maximum Gasteiger partial charge on any atom is 0.333 e. The fraction of sp³-hybridized carbons (Fsp3) is 0.789. The van der Waals surface area contributed by atoms with Crippen molar-refractivity contribution in [3.63, 3.8) is 0 Å². The first-order valence-corrected chi connectivity index (χ1v) is 8.64. The number of carbonyl (C=O) groups is 1.